The van der Waals surface area contributed by atoms with Gasteiger partial charge < -0.3 is 10.2 Å². The van der Waals surface area contributed by atoms with Gasteiger partial charge in [0.15, 0.2) is 0 Å². The molecule has 1 aromatic carbocycles. The van der Waals surface area contributed by atoms with E-state index in [0.717, 1.165) is 0 Å². The molecule has 2 rings (SSSR count). The standard InChI is InChI=1S/C14H17ClN2O2/c1-9(2)12-13(18)16-7-8-17(12)14(19)10-5-3-4-6-11(10)15/h3-6,9,12H,7-8H2,1-2H3,(H,16,18). The molecule has 0 saturated carbocycles. The second-order valence-electron chi connectivity index (χ2n) is 4.96. The highest BCUT2D eigenvalue weighted by Crippen LogP contribution is 2.21. The first-order valence-electron chi connectivity index (χ1n) is 6.35. The number of nitrogens with zero attached hydrogens (tertiary/aromatic N) is 1. The van der Waals surface area contributed by atoms with Crippen molar-refractivity contribution in [3.8, 4) is 0 Å². The average Bonchev–Trinajstić information content (AvgIpc) is 2.37. The number of benzene rings is 1. The SMILES string of the molecule is CC(C)C1C(=O)NCCN1C(=O)c1ccccc1Cl. The number of rotatable bonds is 2. The Balaban J connectivity index is 2.31. The highest BCUT2D eigenvalue weighted by molar-refractivity contribution is 6.33. The molecule has 1 saturated heterocycles. The van der Waals surface area contributed by atoms with Gasteiger partial charge in [-0.1, -0.05) is 37.6 Å². The molecule has 0 radical (unpaired) electrons. The number of amides is 2. The number of nitrogens with one attached hydrogen (secondary N) is 1. The Morgan fingerprint density at radius 2 is 2.11 bits per heavy atom. The van der Waals surface area contributed by atoms with E-state index in [-0.39, 0.29) is 17.7 Å². The van der Waals surface area contributed by atoms with E-state index in [4.69, 9.17) is 11.6 Å². The maximum atomic E-state index is 12.5. The summed E-state index contributed by atoms with van der Waals surface area (Å²) in [5.74, 6) is -0.215. The molecule has 102 valence electrons. The fourth-order valence-electron chi connectivity index (χ4n) is 2.36. The van der Waals surface area contributed by atoms with Gasteiger partial charge >= 0.3 is 0 Å². The van der Waals surface area contributed by atoms with Gasteiger partial charge in [-0.2, -0.15) is 0 Å². The van der Waals surface area contributed by atoms with Crippen LogP contribution in [0, 0.1) is 5.92 Å². The van der Waals surface area contributed by atoms with Crippen molar-refractivity contribution in [3.63, 3.8) is 0 Å². The van der Waals surface area contributed by atoms with Gasteiger partial charge in [0.25, 0.3) is 5.91 Å². The van der Waals surface area contributed by atoms with Crippen LogP contribution in [0.25, 0.3) is 0 Å². The Labute approximate surface area is 117 Å². The summed E-state index contributed by atoms with van der Waals surface area (Å²) >= 11 is 6.05. The molecule has 0 spiro atoms. The zero-order valence-corrected chi connectivity index (χ0v) is 11.8. The van der Waals surface area contributed by atoms with Gasteiger partial charge in [0.05, 0.1) is 10.6 Å². The molecule has 2 amide bonds. The van der Waals surface area contributed by atoms with Crippen LogP contribution >= 0.6 is 11.6 Å². The first-order valence-corrected chi connectivity index (χ1v) is 6.73. The smallest absolute Gasteiger partial charge is 0.256 e. The van der Waals surface area contributed by atoms with Crippen LogP contribution in [0.3, 0.4) is 0 Å². The third kappa shape index (κ3) is 2.73. The average molecular weight is 281 g/mol. The zero-order valence-electron chi connectivity index (χ0n) is 11.0. The Morgan fingerprint density at radius 3 is 2.74 bits per heavy atom. The molecule has 4 nitrogen and oxygen atoms in total. The Bertz CT molecular complexity index is 502. The normalized spacial score (nSPS) is 19.5. The minimum Gasteiger partial charge on any atom is -0.353 e. The number of carbonyl (C=O) groups is 2. The molecule has 1 atom stereocenters. The molecule has 1 aliphatic rings. The van der Waals surface area contributed by atoms with E-state index in [0.29, 0.717) is 23.7 Å². The van der Waals surface area contributed by atoms with E-state index in [1.807, 2.05) is 13.8 Å². The summed E-state index contributed by atoms with van der Waals surface area (Å²) in [6, 6.07) is 6.49. The van der Waals surface area contributed by atoms with Gasteiger partial charge in [-0.25, -0.2) is 0 Å². The predicted molar refractivity (Wildman–Crippen MR) is 74.1 cm³/mol. The summed E-state index contributed by atoms with van der Waals surface area (Å²) in [7, 11) is 0. The second-order valence-corrected chi connectivity index (χ2v) is 5.37. The summed E-state index contributed by atoms with van der Waals surface area (Å²) in [6.07, 6.45) is 0. The molecular formula is C14H17ClN2O2. The molecule has 1 N–H and O–H groups in total. The topological polar surface area (TPSA) is 49.4 Å². The van der Waals surface area contributed by atoms with Crippen molar-refractivity contribution in [3.05, 3.63) is 34.9 Å². The first-order chi connectivity index (χ1) is 9.02. The quantitative estimate of drug-likeness (QED) is 0.900. The van der Waals surface area contributed by atoms with Crippen LogP contribution in [0.2, 0.25) is 5.02 Å². The number of piperazine rings is 1. The fourth-order valence-corrected chi connectivity index (χ4v) is 2.58. The lowest BCUT2D eigenvalue weighted by molar-refractivity contribution is -0.129. The van der Waals surface area contributed by atoms with E-state index in [2.05, 4.69) is 5.32 Å². The Morgan fingerprint density at radius 1 is 1.42 bits per heavy atom. The summed E-state index contributed by atoms with van der Waals surface area (Å²) in [6.45, 7) is 4.86. The summed E-state index contributed by atoms with van der Waals surface area (Å²) < 4.78 is 0. The van der Waals surface area contributed by atoms with Crippen LogP contribution in [-0.4, -0.2) is 35.8 Å². The first kappa shape index (κ1) is 13.9. The van der Waals surface area contributed by atoms with Crippen LogP contribution in [-0.2, 0) is 4.79 Å². The Hall–Kier alpha value is -1.55. The van der Waals surface area contributed by atoms with Gasteiger partial charge in [-0.15, -0.1) is 0 Å². The zero-order chi connectivity index (χ0) is 14.0. The molecule has 19 heavy (non-hydrogen) atoms. The van der Waals surface area contributed by atoms with Crippen molar-refractivity contribution in [1.29, 1.82) is 0 Å². The summed E-state index contributed by atoms with van der Waals surface area (Å²) in [5.41, 5.74) is 0.449. The van der Waals surface area contributed by atoms with E-state index in [1.54, 1.807) is 29.2 Å². The van der Waals surface area contributed by atoms with Gasteiger partial charge in [-0.3, -0.25) is 9.59 Å². The van der Waals surface area contributed by atoms with Crippen molar-refractivity contribution in [1.82, 2.24) is 10.2 Å². The van der Waals surface area contributed by atoms with Gasteiger partial charge in [0.1, 0.15) is 6.04 Å². The third-order valence-corrected chi connectivity index (χ3v) is 3.58. The van der Waals surface area contributed by atoms with Crippen LogP contribution < -0.4 is 5.32 Å². The van der Waals surface area contributed by atoms with Crippen LogP contribution in [0.5, 0.6) is 0 Å². The van der Waals surface area contributed by atoms with Crippen molar-refractivity contribution in [2.45, 2.75) is 19.9 Å². The lowest BCUT2D eigenvalue weighted by Crippen LogP contribution is -2.59. The minimum absolute atomic E-state index is 0.0618. The van der Waals surface area contributed by atoms with Gasteiger partial charge in [0.2, 0.25) is 5.91 Å². The maximum absolute atomic E-state index is 12.5. The van der Waals surface area contributed by atoms with Gasteiger partial charge in [0, 0.05) is 13.1 Å². The number of hydrogen-bond donors (Lipinski definition) is 1. The third-order valence-electron chi connectivity index (χ3n) is 3.25. The monoisotopic (exact) mass is 280 g/mol. The van der Waals surface area contributed by atoms with Crippen molar-refractivity contribution >= 4 is 23.4 Å². The molecule has 1 aliphatic heterocycles. The van der Waals surface area contributed by atoms with Crippen molar-refractivity contribution in [2.24, 2.45) is 5.92 Å². The number of carbonyl (C=O) groups excluding carboxylic acids is 2. The maximum Gasteiger partial charge on any atom is 0.256 e. The van der Waals surface area contributed by atoms with E-state index in [9.17, 15) is 9.59 Å². The lowest BCUT2D eigenvalue weighted by atomic mass is 9.98. The molecule has 0 aromatic heterocycles. The molecular weight excluding hydrogens is 264 g/mol. The molecule has 1 heterocycles. The molecule has 0 bridgehead atoms. The molecule has 1 fully saturated rings. The fraction of sp³-hybridized carbons (Fsp3) is 0.429. The van der Waals surface area contributed by atoms with E-state index < -0.39 is 6.04 Å². The molecule has 0 aliphatic carbocycles. The molecule has 1 aromatic rings. The highest BCUT2D eigenvalue weighted by atomic mass is 35.5. The second kappa shape index (κ2) is 5.61. The number of hydrogen-bond acceptors (Lipinski definition) is 2. The predicted octanol–water partition coefficient (Wildman–Crippen LogP) is 1.94. The van der Waals surface area contributed by atoms with E-state index >= 15 is 0 Å². The lowest BCUT2D eigenvalue weighted by Gasteiger charge is -2.37. The molecule has 1 unspecified atom stereocenters. The van der Waals surface area contributed by atoms with Crippen LogP contribution in [0.15, 0.2) is 24.3 Å². The highest BCUT2D eigenvalue weighted by Gasteiger charge is 2.35. The van der Waals surface area contributed by atoms with Crippen LogP contribution in [0.1, 0.15) is 24.2 Å². The Kier molecular flexibility index (Phi) is 4.10. The van der Waals surface area contributed by atoms with Crippen molar-refractivity contribution < 1.29 is 9.59 Å². The van der Waals surface area contributed by atoms with Crippen LogP contribution in [0.4, 0.5) is 0 Å². The summed E-state index contributed by atoms with van der Waals surface area (Å²) in [5, 5.41) is 3.22. The minimum atomic E-state index is -0.433. The van der Waals surface area contributed by atoms with Crippen molar-refractivity contribution in [2.75, 3.05) is 13.1 Å². The number of halogens is 1. The molecule has 5 heteroatoms. The van der Waals surface area contributed by atoms with Gasteiger partial charge in [-0.05, 0) is 18.1 Å². The summed E-state index contributed by atoms with van der Waals surface area (Å²) in [4.78, 5) is 26.1. The largest absolute Gasteiger partial charge is 0.353 e. The van der Waals surface area contributed by atoms with E-state index in [1.165, 1.54) is 0 Å².